The summed E-state index contributed by atoms with van der Waals surface area (Å²) >= 11 is 0. The van der Waals surface area contributed by atoms with Crippen LogP contribution in [0.15, 0.2) is 5.16 Å². The van der Waals surface area contributed by atoms with E-state index in [1.165, 1.54) is 38.5 Å². The van der Waals surface area contributed by atoms with Gasteiger partial charge in [-0.2, -0.15) is 0 Å². The average Bonchev–Trinajstić information content (AvgIpc) is 2.53. The standard InChI is InChI=1S/C11H20N2O/c12-8-10-7-11(14-13-10)9-5-3-1-2-4-6-9/h9,11H,1-8,12H2. The molecule has 2 aliphatic rings. The summed E-state index contributed by atoms with van der Waals surface area (Å²) in [6.07, 6.45) is 9.47. The zero-order valence-electron chi connectivity index (χ0n) is 8.74. The summed E-state index contributed by atoms with van der Waals surface area (Å²) in [7, 11) is 0. The van der Waals surface area contributed by atoms with Crippen LogP contribution in [0.5, 0.6) is 0 Å². The highest BCUT2D eigenvalue weighted by atomic mass is 16.6. The van der Waals surface area contributed by atoms with Gasteiger partial charge in [-0.25, -0.2) is 0 Å². The van der Waals surface area contributed by atoms with Crippen LogP contribution in [0.4, 0.5) is 0 Å². The van der Waals surface area contributed by atoms with Gasteiger partial charge in [-0.15, -0.1) is 0 Å². The first-order chi connectivity index (χ1) is 6.90. The van der Waals surface area contributed by atoms with Gasteiger partial charge < -0.3 is 10.6 Å². The van der Waals surface area contributed by atoms with Gasteiger partial charge in [-0.1, -0.05) is 30.8 Å². The van der Waals surface area contributed by atoms with Crippen LogP contribution in [0.1, 0.15) is 44.9 Å². The van der Waals surface area contributed by atoms with Crippen LogP contribution in [-0.4, -0.2) is 18.4 Å². The second-order valence-corrected chi connectivity index (χ2v) is 4.46. The van der Waals surface area contributed by atoms with Crippen molar-refractivity contribution in [2.24, 2.45) is 16.8 Å². The number of oxime groups is 1. The molecule has 0 bridgehead atoms. The molecule has 1 unspecified atom stereocenters. The Hall–Kier alpha value is -0.570. The molecule has 1 saturated carbocycles. The molecule has 1 fully saturated rings. The van der Waals surface area contributed by atoms with Gasteiger partial charge in [0.15, 0.2) is 0 Å². The minimum Gasteiger partial charge on any atom is -0.392 e. The lowest BCUT2D eigenvalue weighted by molar-refractivity contribution is 0.0348. The summed E-state index contributed by atoms with van der Waals surface area (Å²) in [5.74, 6) is 0.727. The number of nitrogens with two attached hydrogens (primary N) is 1. The Kier molecular flexibility index (Phi) is 3.40. The Morgan fingerprint density at radius 2 is 1.93 bits per heavy atom. The normalized spacial score (nSPS) is 29.5. The molecule has 3 nitrogen and oxygen atoms in total. The second-order valence-electron chi connectivity index (χ2n) is 4.46. The molecule has 0 spiro atoms. The van der Waals surface area contributed by atoms with E-state index in [0.717, 1.165) is 18.1 Å². The van der Waals surface area contributed by atoms with E-state index in [2.05, 4.69) is 5.16 Å². The highest BCUT2D eigenvalue weighted by Gasteiger charge is 2.29. The molecule has 2 rings (SSSR count). The maximum Gasteiger partial charge on any atom is 0.135 e. The quantitative estimate of drug-likeness (QED) is 0.687. The van der Waals surface area contributed by atoms with E-state index in [4.69, 9.17) is 10.6 Å². The molecule has 80 valence electrons. The molecule has 14 heavy (non-hydrogen) atoms. The van der Waals surface area contributed by atoms with Crippen molar-refractivity contribution >= 4 is 5.71 Å². The summed E-state index contributed by atoms with van der Waals surface area (Å²) < 4.78 is 0. The zero-order chi connectivity index (χ0) is 9.80. The van der Waals surface area contributed by atoms with E-state index >= 15 is 0 Å². The maximum absolute atomic E-state index is 5.55. The summed E-state index contributed by atoms with van der Waals surface area (Å²) in [6, 6.07) is 0. The monoisotopic (exact) mass is 196 g/mol. The van der Waals surface area contributed by atoms with E-state index in [1.54, 1.807) is 0 Å². The van der Waals surface area contributed by atoms with Gasteiger partial charge in [-0.3, -0.25) is 0 Å². The first-order valence-electron chi connectivity index (χ1n) is 5.82. The number of rotatable bonds is 2. The number of hydrogen-bond donors (Lipinski definition) is 1. The van der Waals surface area contributed by atoms with Gasteiger partial charge in [0.1, 0.15) is 6.10 Å². The van der Waals surface area contributed by atoms with E-state index in [1.807, 2.05) is 0 Å². The van der Waals surface area contributed by atoms with E-state index in [-0.39, 0.29) is 0 Å². The third kappa shape index (κ3) is 2.27. The third-order valence-corrected chi connectivity index (χ3v) is 3.42. The van der Waals surface area contributed by atoms with Crippen LogP contribution < -0.4 is 5.73 Å². The lowest BCUT2D eigenvalue weighted by Gasteiger charge is -2.19. The summed E-state index contributed by atoms with van der Waals surface area (Å²) in [5, 5.41) is 4.03. The minimum absolute atomic E-state index is 0.339. The van der Waals surface area contributed by atoms with Crippen molar-refractivity contribution in [3.05, 3.63) is 0 Å². The fourth-order valence-electron chi connectivity index (χ4n) is 2.51. The molecule has 1 aliphatic carbocycles. The van der Waals surface area contributed by atoms with Crippen molar-refractivity contribution in [1.82, 2.24) is 0 Å². The molecular weight excluding hydrogens is 176 g/mol. The fraction of sp³-hybridized carbons (Fsp3) is 0.909. The van der Waals surface area contributed by atoms with Crippen LogP contribution >= 0.6 is 0 Å². The largest absolute Gasteiger partial charge is 0.392 e. The van der Waals surface area contributed by atoms with Gasteiger partial charge in [-0.05, 0) is 18.8 Å². The first kappa shape index (κ1) is 9.97. The molecule has 2 N–H and O–H groups in total. The van der Waals surface area contributed by atoms with Gasteiger partial charge in [0.05, 0.1) is 5.71 Å². The highest BCUT2D eigenvalue weighted by molar-refractivity contribution is 5.87. The van der Waals surface area contributed by atoms with Crippen molar-refractivity contribution in [3.8, 4) is 0 Å². The molecule has 1 atom stereocenters. The van der Waals surface area contributed by atoms with Crippen LogP contribution in [-0.2, 0) is 4.84 Å². The van der Waals surface area contributed by atoms with Crippen molar-refractivity contribution in [1.29, 1.82) is 0 Å². The van der Waals surface area contributed by atoms with Crippen LogP contribution in [0.3, 0.4) is 0 Å². The van der Waals surface area contributed by atoms with Gasteiger partial charge in [0.2, 0.25) is 0 Å². The zero-order valence-corrected chi connectivity index (χ0v) is 8.74. The minimum atomic E-state index is 0.339. The summed E-state index contributed by atoms with van der Waals surface area (Å²) in [5.41, 5.74) is 6.59. The van der Waals surface area contributed by atoms with Crippen molar-refractivity contribution in [2.45, 2.75) is 51.0 Å². The molecule has 3 heteroatoms. The highest BCUT2D eigenvalue weighted by Crippen LogP contribution is 2.30. The predicted molar refractivity (Wildman–Crippen MR) is 57.2 cm³/mol. The van der Waals surface area contributed by atoms with Crippen LogP contribution in [0.2, 0.25) is 0 Å². The van der Waals surface area contributed by atoms with Crippen LogP contribution in [0, 0.1) is 5.92 Å². The Balaban J connectivity index is 1.84. The topological polar surface area (TPSA) is 47.6 Å². The summed E-state index contributed by atoms with van der Waals surface area (Å²) in [6.45, 7) is 0.559. The molecule has 0 aromatic rings. The lowest BCUT2D eigenvalue weighted by Crippen LogP contribution is -2.22. The van der Waals surface area contributed by atoms with Crippen molar-refractivity contribution < 1.29 is 4.84 Å². The molecule has 0 radical (unpaired) electrons. The Bertz CT molecular complexity index is 207. The molecule has 1 heterocycles. The molecule has 0 aromatic heterocycles. The SMILES string of the molecule is NCC1=NOC(C2CCCCCC2)C1. The van der Waals surface area contributed by atoms with Crippen molar-refractivity contribution in [3.63, 3.8) is 0 Å². The molecule has 0 amide bonds. The molecule has 1 aliphatic heterocycles. The van der Waals surface area contributed by atoms with E-state index in [0.29, 0.717) is 12.6 Å². The average molecular weight is 196 g/mol. The Labute approximate surface area is 85.7 Å². The fourth-order valence-corrected chi connectivity index (χ4v) is 2.51. The third-order valence-electron chi connectivity index (χ3n) is 3.42. The van der Waals surface area contributed by atoms with E-state index < -0.39 is 0 Å². The van der Waals surface area contributed by atoms with Gasteiger partial charge in [0.25, 0.3) is 0 Å². The molecule has 0 saturated heterocycles. The number of nitrogens with zero attached hydrogens (tertiary/aromatic N) is 1. The maximum atomic E-state index is 5.55. The van der Waals surface area contributed by atoms with Gasteiger partial charge >= 0.3 is 0 Å². The molecular formula is C11H20N2O. The smallest absolute Gasteiger partial charge is 0.135 e. The summed E-state index contributed by atoms with van der Waals surface area (Å²) in [4.78, 5) is 5.46. The second kappa shape index (κ2) is 4.78. The van der Waals surface area contributed by atoms with Crippen LogP contribution in [0.25, 0.3) is 0 Å². The van der Waals surface area contributed by atoms with Gasteiger partial charge in [0, 0.05) is 13.0 Å². The molecule has 0 aromatic carbocycles. The van der Waals surface area contributed by atoms with E-state index in [9.17, 15) is 0 Å². The Morgan fingerprint density at radius 3 is 2.50 bits per heavy atom. The Morgan fingerprint density at radius 1 is 1.21 bits per heavy atom. The van der Waals surface area contributed by atoms with Crippen molar-refractivity contribution in [2.75, 3.05) is 6.54 Å². The first-order valence-corrected chi connectivity index (χ1v) is 5.82. The number of hydrogen-bond acceptors (Lipinski definition) is 3. The lowest BCUT2D eigenvalue weighted by atomic mass is 9.91. The predicted octanol–water partition coefficient (Wildman–Crippen LogP) is 2.06.